The van der Waals surface area contributed by atoms with Gasteiger partial charge in [0.25, 0.3) is 0 Å². The standard InChI is InChI=1S/C10H13N3OS/c1-13-7-8(6-12-13)2-3-9(14)10-11-4-5-15-10/h4-7,9,14H,2-3H2,1H3. The van der Waals surface area contributed by atoms with E-state index in [4.69, 9.17) is 0 Å². The van der Waals surface area contributed by atoms with E-state index in [1.54, 1.807) is 10.9 Å². The number of thiazole rings is 1. The minimum atomic E-state index is -0.454. The van der Waals surface area contributed by atoms with E-state index < -0.39 is 6.10 Å². The number of nitrogens with zero attached hydrogens (tertiary/aromatic N) is 3. The highest BCUT2D eigenvalue weighted by Gasteiger charge is 2.10. The van der Waals surface area contributed by atoms with Crippen molar-refractivity contribution in [3.8, 4) is 0 Å². The molecule has 1 atom stereocenters. The van der Waals surface area contributed by atoms with Crippen LogP contribution in [0.25, 0.3) is 0 Å². The molecular weight excluding hydrogens is 210 g/mol. The molecule has 2 rings (SSSR count). The third-order valence-corrected chi connectivity index (χ3v) is 3.08. The van der Waals surface area contributed by atoms with Gasteiger partial charge in [0.1, 0.15) is 11.1 Å². The molecular formula is C10H13N3OS. The Morgan fingerprint density at radius 1 is 1.60 bits per heavy atom. The van der Waals surface area contributed by atoms with Gasteiger partial charge < -0.3 is 5.11 Å². The van der Waals surface area contributed by atoms with E-state index in [1.807, 2.05) is 24.8 Å². The third-order valence-electron chi connectivity index (χ3n) is 2.20. The summed E-state index contributed by atoms with van der Waals surface area (Å²) in [4.78, 5) is 4.08. The summed E-state index contributed by atoms with van der Waals surface area (Å²) in [5.74, 6) is 0. The summed E-state index contributed by atoms with van der Waals surface area (Å²) in [7, 11) is 1.89. The van der Waals surface area contributed by atoms with Crippen molar-refractivity contribution in [1.82, 2.24) is 14.8 Å². The Balaban J connectivity index is 1.88. The summed E-state index contributed by atoms with van der Waals surface area (Å²) in [5.41, 5.74) is 1.15. The molecule has 0 saturated heterocycles. The molecule has 4 nitrogen and oxygen atoms in total. The molecule has 0 aromatic carbocycles. The molecule has 0 saturated carbocycles. The number of aliphatic hydroxyl groups excluding tert-OH is 1. The number of aromatic nitrogens is 3. The van der Waals surface area contributed by atoms with Crippen molar-refractivity contribution in [2.24, 2.45) is 7.05 Å². The first-order valence-corrected chi connectivity index (χ1v) is 5.68. The van der Waals surface area contributed by atoms with Crippen LogP contribution >= 0.6 is 11.3 Å². The molecule has 1 N–H and O–H groups in total. The lowest BCUT2D eigenvalue weighted by Gasteiger charge is -2.05. The second-order valence-electron chi connectivity index (χ2n) is 3.45. The van der Waals surface area contributed by atoms with Gasteiger partial charge in [0.15, 0.2) is 0 Å². The lowest BCUT2D eigenvalue weighted by Crippen LogP contribution is -1.98. The minimum absolute atomic E-state index is 0.454. The second kappa shape index (κ2) is 4.55. The highest BCUT2D eigenvalue weighted by molar-refractivity contribution is 7.09. The Kier molecular flexibility index (Phi) is 3.13. The van der Waals surface area contributed by atoms with Crippen molar-refractivity contribution in [2.45, 2.75) is 18.9 Å². The molecule has 2 aromatic heterocycles. The van der Waals surface area contributed by atoms with Gasteiger partial charge in [-0.3, -0.25) is 4.68 Å². The lowest BCUT2D eigenvalue weighted by atomic mass is 10.1. The molecule has 0 spiro atoms. The maximum absolute atomic E-state index is 9.80. The number of hydrogen-bond acceptors (Lipinski definition) is 4. The Labute approximate surface area is 92.2 Å². The fraction of sp³-hybridized carbons (Fsp3) is 0.400. The van der Waals surface area contributed by atoms with Crippen molar-refractivity contribution in [3.63, 3.8) is 0 Å². The van der Waals surface area contributed by atoms with Crippen LogP contribution in [0.1, 0.15) is 23.1 Å². The normalized spacial score (nSPS) is 12.9. The van der Waals surface area contributed by atoms with Gasteiger partial charge in [-0.2, -0.15) is 5.10 Å². The Hall–Kier alpha value is -1.20. The first-order valence-electron chi connectivity index (χ1n) is 4.80. The Bertz CT molecular complexity index is 410. The molecule has 80 valence electrons. The maximum atomic E-state index is 9.80. The van der Waals surface area contributed by atoms with Gasteiger partial charge in [0, 0.05) is 24.8 Å². The van der Waals surface area contributed by atoms with Gasteiger partial charge in [-0.25, -0.2) is 4.98 Å². The summed E-state index contributed by atoms with van der Waals surface area (Å²) >= 11 is 1.49. The SMILES string of the molecule is Cn1cc(CCC(O)c2nccs2)cn1. The van der Waals surface area contributed by atoms with E-state index in [-0.39, 0.29) is 0 Å². The molecule has 2 heterocycles. The molecule has 15 heavy (non-hydrogen) atoms. The smallest absolute Gasteiger partial charge is 0.121 e. The van der Waals surface area contributed by atoms with Crippen LogP contribution in [0, 0.1) is 0 Å². The summed E-state index contributed by atoms with van der Waals surface area (Å²) < 4.78 is 1.77. The average molecular weight is 223 g/mol. The molecule has 0 radical (unpaired) electrons. The van der Waals surface area contributed by atoms with E-state index in [1.165, 1.54) is 11.3 Å². The van der Waals surface area contributed by atoms with Crippen LogP contribution in [-0.2, 0) is 13.5 Å². The second-order valence-corrected chi connectivity index (χ2v) is 4.37. The summed E-state index contributed by atoms with van der Waals surface area (Å²) in [6, 6.07) is 0. The summed E-state index contributed by atoms with van der Waals surface area (Å²) in [6.07, 6.45) is 6.58. The van der Waals surface area contributed by atoms with Crippen LogP contribution < -0.4 is 0 Å². The third kappa shape index (κ3) is 2.64. The topological polar surface area (TPSA) is 50.9 Å². The van der Waals surface area contributed by atoms with Crippen LogP contribution in [0.5, 0.6) is 0 Å². The molecule has 0 bridgehead atoms. The van der Waals surface area contributed by atoms with E-state index >= 15 is 0 Å². The first-order chi connectivity index (χ1) is 7.25. The zero-order valence-electron chi connectivity index (χ0n) is 8.50. The predicted molar refractivity (Wildman–Crippen MR) is 58.6 cm³/mol. The van der Waals surface area contributed by atoms with Gasteiger partial charge in [-0.05, 0) is 18.4 Å². The molecule has 1 unspecified atom stereocenters. The van der Waals surface area contributed by atoms with Crippen molar-refractivity contribution in [3.05, 3.63) is 34.5 Å². The summed E-state index contributed by atoms with van der Waals surface area (Å²) in [6.45, 7) is 0. The Morgan fingerprint density at radius 3 is 3.07 bits per heavy atom. The highest BCUT2D eigenvalue weighted by atomic mass is 32.1. The quantitative estimate of drug-likeness (QED) is 0.855. The van der Waals surface area contributed by atoms with Crippen molar-refractivity contribution < 1.29 is 5.11 Å². The molecule has 0 amide bonds. The number of hydrogen-bond donors (Lipinski definition) is 1. The van der Waals surface area contributed by atoms with Crippen LogP contribution in [-0.4, -0.2) is 19.9 Å². The zero-order valence-corrected chi connectivity index (χ0v) is 9.31. The van der Waals surface area contributed by atoms with Crippen LogP contribution in [0.2, 0.25) is 0 Å². The zero-order chi connectivity index (χ0) is 10.7. The van der Waals surface area contributed by atoms with Gasteiger partial charge in [-0.1, -0.05) is 0 Å². The van der Waals surface area contributed by atoms with Crippen LogP contribution in [0.3, 0.4) is 0 Å². The molecule has 0 aliphatic heterocycles. The molecule has 0 fully saturated rings. The minimum Gasteiger partial charge on any atom is -0.386 e. The predicted octanol–water partition coefficient (Wildman–Crippen LogP) is 1.54. The monoisotopic (exact) mass is 223 g/mol. The van der Waals surface area contributed by atoms with E-state index in [0.717, 1.165) is 17.0 Å². The number of aliphatic hydroxyl groups is 1. The van der Waals surface area contributed by atoms with Crippen LogP contribution in [0.4, 0.5) is 0 Å². The number of rotatable bonds is 4. The fourth-order valence-corrected chi connectivity index (χ4v) is 2.08. The fourth-order valence-electron chi connectivity index (χ4n) is 1.43. The lowest BCUT2D eigenvalue weighted by molar-refractivity contribution is 0.167. The number of aryl methyl sites for hydroxylation is 2. The van der Waals surface area contributed by atoms with Crippen molar-refractivity contribution in [2.75, 3.05) is 0 Å². The van der Waals surface area contributed by atoms with Crippen LogP contribution in [0.15, 0.2) is 24.0 Å². The largest absolute Gasteiger partial charge is 0.386 e. The van der Waals surface area contributed by atoms with E-state index in [0.29, 0.717) is 6.42 Å². The Morgan fingerprint density at radius 2 is 2.47 bits per heavy atom. The first kappa shape index (κ1) is 10.3. The summed E-state index contributed by atoms with van der Waals surface area (Å²) in [5, 5.41) is 16.5. The van der Waals surface area contributed by atoms with Gasteiger partial charge >= 0.3 is 0 Å². The maximum Gasteiger partial charge on any atom is 0.121 e. The van der Waals surface area contributed by atoms with Crippen molar-refractivity contribution in [1.29, 1.82) is 0 Å². The molecule has 5 heteroatoms. The molecule has 2 aromatic rings. The van der Waals surface area contributed by atoms with Gasteiger partial charge in [0.05, 0.1) is 6.20 Å². The van der Waals surface area contributed by atoms with Crippen molar-refractivity contribution >= 4 is 11.3 Å². The van der Waals surface area contributed by atoms with E-state index in [2.05, 4.69) is 10.1 Å². The molecule has 0 aliphatic rings. The van der Waals surface area contributed by atoms with Gasteiger partial charge in [-0.15, -0.1) is 11.3 Å². The molecule has 0 aliphatic carbocycles. The van der Waals surface area contributed by atoms with E-state index in [9.17, 15) is 5.11 Å². The average Bonchev–Trinajstić information content (AvgIpc) is 2.84. The van der Waals surface area contributed by atoms with Gasteiger partial charge in [0.2, 0.25) is 0 Å². The highest BCUT2D eigenvalue weighted by Crippen LogP contribution is 2.20.